The highest BCUT2D eigenvalue weighted by Gasteiger charge is 2.32. The first-order valence-corrected chi connectivity index (χ1v) is 15.5. The number of allylic oxidation sites excluding steroid dienone is 1. The quantitative estimate of drug-likeness (QED) is 0.197. The van der Waals surface area contributed by atoms with Crippen molar-refractivity contribution in [1.82, 2.24) is 4.57 Å². The Morgan fingerprint density at radius 2 is 1.81 bits per heavy atom. The van der Waals surface area contributed by atoms with Crippen molar-refractivity contribution in [3.63, 3.8) is 0 Å². The maximum absolute atomic E-state index is 14.0. The Kier molecular flexibility index (Phi) is 7.18. The third-order valence-electron chi connectivity index (χ3n) is 7.65. The first-order valence-electron chi connectivity index (χ1n) is 13.5. The fourth-order valence-corrected chi connectivity index (χ4v) is 7.32. The summed E-state index contributed by atoms with van der Waals surface area (Å²) in [6.45, 7) is 0.341. The largest absolute Gasteiger partial charge is 0.488 e. The van der Waals surface area contributed by atoms with E-state index in [2.05, 4.69) is 28.1 Å². The number of fused-ring (bicyclic) bond motifs is 3. The van der Waals surface area contributed by atoms with Gasteiger partial charge in [-0.1, -0.05) is 83.6 Å². The summed E-state index contributed by atoms with van der Waals surface area (Å²) in [5, 5.41) is 0.657. The van der Waals surface area contributed by atoms with Crippen LogP contribution in [0.1, 0.15) is 40.3 Å². The maximum Gasteiger partial charge on any atom is 0.271 e. The highest BCUT2D eigenvalue weighted by Crippen LogP contribution is 2.41. The van der Waals surface area contributed by atoms with Gasteiger partial charge in [0.25, 0.3) is 5.56 Å². The molecule has 0 N–H and O–H groups in total. The minimum atomic E-state index is -0.348. The van der Waals surface area contributed by atoms with E-state index in [1.165, 1.54) is 29.0 Å². The zero-order valence-electron chi connectivity index (χ0n) is 22.2. The van der Waals surface area contributed by atoms with Crippen molar-refractivity contribution >= 4 is 50.6 Å². The molecule has 1 aromatic heterocycles. The maximum atomic E-state index is 14.0. The Morgan fingerprint density at radius 3 is 2.62 bits per heavy atom. The van der Waals surface area contributed by atoms with Gasteiger partial charge in [0, 0.05) is 16.1 Å². The van der Waals surface area contributed by atoms with Crippen molar-refractivity contribution in [2.45, 2.75) is 25.5 Å². The van der Waals surface area contributed by atoms with Gasteiger partial charge in [0.05, 0.1) is 20.7 Å². The first kappa shape index (κ1) is 27.1. The number of thiazole rings is 1. The van der Waals surface area contributed by atoms with Gasteiger partial charge in [-0.3, -0.25) is 9.36 Å². The third-order valence-corrected chi connectivity index (χ3v) is 9.62. The predicted molar refractivity (Wildman–Crippen MR) is 169 cm³/mol. The number of aromatic nitrogens is 1. The number of nitrogens with zero attached hydrogens (tertiary/aromatic N) is 2. The zero-order chi connectivity index (χ0) is 28.8. The van der Waals surface area contributed by atoms with E-state index in [4.69, 9.17) is 21.3 Å². The molecule has 1 aliphatic carbocycles. The molecule has 208 valence electrons. The Labute approximate surface area is 258 Å². The Balaban J connectivity index is 1.29. The van der Waals surface area contributed by atoms with E-state index >= 15 is 0 Å². The molecular formula is C34H23BrClFN2O2S. The lowest BCUT2D eigenvalue weighted by molar-refractivity contribution is 0.304. The van der Waals surface area contributed by atoms with Crippen LogP contribution >= 0.6 is 38.9 Å². The van der Waals surface area contributed by atoms with Crippen LogP contribution in [0.2, 0.25) is 5.02 Å². The minimum absolute atomic E-state index is 0.117. The lowest BCUT2D eigenvalue weighted by Gasteiger charge is -2.30. The second kappa shape index (κ2) is 11.1. The van der Waals surface area contributed by atoms with E-state index in [0.29, 0.717) is 26.7 Å². The van der Waals surface area contributed by atoms with Crippen LogP contribution in [0, 0.1) is 5.82 Å². The number of ether oxygens (including phenoxy) is 1. The Bertz CT molecular complexity index is 2070. The van der Waals surface area contributed by atoms with Gasteiger partial charge in [-0.2, -0.15) is 0 Å². The summed E-state index contributed by atoms with van der Waals surface area (Å²) in [5.41, 5.74) is 6.85. The minimum Gasteiger partial charge on any atom is -0.488 e. The molecule has 4 aromatic carbocycles. The summed E-state index contributed by atoms with van der Waals surface area (Å²) in [7, 11) is 0. The monoisotopic (exact) mass is 656 g/mol. The molecule has 2 heterocycles. The Morgan fingerprint density at radius 1 is 1.02 bits per heavy atom. The van der Waals surface area contributed by atoms with Crippen molar-refractivity contribution in [1.29, 1.82) is 0 Å². The number of hydrogen-bond donors (Lipinski definition) is 0. The van der Waals surface area contributed by atoms with Crippen LogP contribution in [-0.2, 0) is 13.0 Å². The van der Waals surface area contributed by atoms with Gasteiger partial charge < -0.3 is 4.74 Å². The van der Waals surface area contributed by atoms with Crippen LogP contribution in [0.15, 0.2) is 111 Å². The lowest BCUT2D eigenvalue weighted by Crippen LogP contribution is -2.38. The number of halogens is 3. The smallest absolute Gasteiger partial charge is 0.271 e. The fourth-order valence-electron chi connectivity index (χ4n) is 5.61. The second-order valence-electron chi connectivity index (χ2n) is 10.2. The van der Waals surface area contributed by atoms with E-state index in [-0.39, 0.29) is 17.4 Å². The van der Waals surface area contributed by atoms with Gasteiger partial charge in [-0.05, 0) is 87.4 Å². The molecule has 4 nitrogen and oxygen atoms in total. The molecule has 0 fully saturated rings. The molecular weight excluding hydrogens is 635 g/mol. The number of rotatable bonds is 5. The van der Waals surface area contributed by atoms with Crippen LogP contribution in [-0.4, -0.2) is 4.57 Å². The van der Waals surface area contributed by atoms with Crippen molar-refractivity contribution in [3.05, 3.63) is 159 Å². The van der Waals surface area contributed by atoms with Crippen LogP contribution in [0.5, 0.6) is 5.75 Å². The normalized spacial score (nSPS) is 16.0. The van der Waals surface area contributed by atoms with E-state index in [1.807, 2.05) is 60.7 Å². The van der Waals surface area contributed by atoms with Crippen LogP contribution in [0.4, 0.5) is 4.39 Å². The van der Waals surface area contributed by atoms with E-state index in [9.17, 15) is 9.18 Å². The number of hydrogen-bond acceptors (Lipinski definition) is 4. The van der Waals surface area contributed by atoms with Crippen LogP contribution in [0.3, 0.4) is 0 Å². The summed E-state index contributed by atoms with van der Waals surface area (Å²) < 4.78 is 23.0. The molecule has 0 saturated heterocycles. The number of benzene rings is 4. The lowest BCUT2D eigenvalue weighted by atomic mass is 9.83. The van der Waals surface area contributed by atoms with Gasteiger partial charge in [-0.15, -0.1) is 0 Å². The summed E-state index contributed by atoms with van der Waals surface area (Å²) >= 11 is 11.3. The molecule has 1 atom stereocenters. The van der Waals surface area contributed by atoms with Gasteiger partial charge in [0.1, 0.15) is 18.2 Å². The first-order chi connectivity index (χ1) is 20.5. The zero-order valence-corrected chi connectivity index (χ0v) is 25.3. The fraction of sp³-hybridized carbons (Fsp3) is 0.118. The molecule has 2 aliphatic rings. The van der Waals surface area contributed by atoms with Crippen LogP contribution < -0.4 is 19.6 Å². The van der Waals surface area contributed by atoms with Crippen molar-refractivity contribution in [2.24, 2.45) is 4.99 Å². The summed E-state index contributed by atoms with van der Waals surface area (Å²) in [6, 6.07) is 27.7. The van der Waals surface area contributed by atoms with Gasteiger partial charge in [0.2, 0.25) is 0 Å². The molecule has 42 heavy (non-hydrogen) atoms. The van der Waals surface area contributed by atoms with Crippen molar-refractivity contribution < 1.29 is 9.13 Å². The van der Waals surface area contributed by atoms with Gasteiger partial charge >= 0.3 is 0 Å². The van der Waals surface area contributed by atoms with Gasteiger partial charge in [0.15, 0.2) is 4.80 Å². The molecule has 5 aromatic rings. The molecule has 0 spiro atoms. The summed E-state index contributed by atoms with van der Waals surface area (Å²) in [4.78, 5) is 19.6. The molecule has 0 bridgehead atoms. The van der Waals surface area contributed by atoms with Crippen molar-refractivity contribution in [2.75, 3.05) is 0 Å². The molecule has 0 radical (unpaired) electrons. The average molecular weight is 658 g/mol. The summed E-state index contributed by atoms with van der Waals surface area (Å²) in [6.07, 6.45) is 3.53. The predicted octanol–water partition coefficient (Wildman–Crippen LogP) is 7.45. The molecule has 0 amide bonds. The highest BCUT2D eigenvalue weighted by atomic mass is 79.9. The van der Waals surface area contributed by atoms with E-state index in [1.54, 1.807) is 16.7 Å². The summed E-state index contributed by atoms with van der Waals surface area (Å²) in [5.74, 6) is 0.371. The molecule has 1 aliphatic heterocycles. The number of aryl methyl sites for hydroxylation is 1. The average Bonchev–Trinajstić information content (AvgIpc) is 3.31. The SMILES string of the molecule is O=c1/c(=C\c2ccc(OCc3ccccc3Cl)c(Br)c2)sc2n1[C@H](c1ccc(F)cc1)C1=C(N=2)c2ccccc2CC1. The Hall–Kier alpha value is -3.78. The van der Waals surface area contributed by atoms with Crippen molar-refractivity contribution in [3.8, 4) is 5.75 Å². The molecule has 0 saturated carbocycles. The second-order valence-corrected chi connectivity index (χ2v) is 12.5. The molecule has 8 heteroatoms. The topological polar surface area (TPSA) is 43.6 Å². The molecule has 0 unspecified atom stereocenters. The highest BCUT2D eigenvalue weighted by molar-refractivity contribution is 9.10. The van der Waals surface area contributed by atoms with E-state index < -0.39 is 0 Å². The molecule has 7 rings (SSSR count). The third kappa shape index (κ3) is 4.96. The standard InChI is InChI=1S/C34H23BrClFN2O2S/c35-27-17-20(9-16-29(27)41-19-23-6-2-4-8-28(23)36)18-30-33(40)39-32(22-10-13-24(37)14-11-22)26-15-12-21-5-1-3-7-25(21)31(26)38-34(39)42-30/h1-11,13-14,16-18,32H,12,15,19H2/b30-18+/t32-/m1/s1. The van der Waals surface area contributed by atoms with Gasteiger partial charge in [-0.25, -0.2) is 9.38 Å². The van der Waals surface area contributed by atoms with Crippen LogP contribution in [0.25, 0.3) is 11.8 Å². The van der Waals surface area contributed by atoms with E-state index in [0.717, 1.165) is 50.8 Å².